The first-order valence-corrected chi connectivity index (χ1v) is 13.9. The van der Waals surface area contributed by atoms with E-state index in [0.717, 1.165) is 51.4 Å². The maximum Gasteiger partial charge on any atom is 0.335 e. The van der Waals surface area contributed by atoms with Crippen molar-refractivity contribution in [3.05, 3.63) is 46.0 Å². The number of nitrogens with one attached hydrogen (secondary N) is 2. The Bertz CT molecular complexity index is 1040. The van der Waals surface area contributed by atoms with Gasteiger partial charge in [-0.25, -0.2) is 9.59 Å². The summed E-state index contributed by atoms with van der Waals surface area (Å²) in [5.41, 5.74) is 3.16. The molecule has 35 heavy (non-hydrogen) atoms. The van der Waals surface area contributed by atoms with Crippen LogP contribution in [0, 0.1) is 28.6 Å². The molecule has 0 radical (unpaired) electrons. The van der Waals surface area contributed by atoms with Gasteiger partial charge in [0.15, 0.2) is 0 Å². The molecule has 4 fully saturated rings. The highest BCUT2D eigenvalue weighted by molar-refractivity contribution is 5.74. The van der Waals surface area contributed by atoms with E-state index in [1.54, 1.807) is 17.9 Å². The van der Waals surface area contributed by atoms with Gasteiger partial charge in [0.25, 0.3) is 0 Å². The fraction of sp³-hybridized carbons (Fsp3) is 0.724. The highest BCUT2D eigenvalue weighted by atomic mass is 16.4. The number of urea groups is 1. The van der Waals surface area contributed by atoms with E-state index in [1.807, 2.05) is 11.0 Å². The zero-order valence-electron chi connectivity index (χ0n) is 21.4. The van der Waals surface area contributed by atoms with Crippen LogP contribution in [0.1, 0.15) is 76.7 Å². The van der Waals surface area contributed by atoms with E-state index in [9.17, 15) is 9.59 Å². The smallest absolute Gasteiger partial charge is 0.335 e. The third kappa shape index (κ3) is 3.87. The Balaban J connectivity index is 1.15. The lowest BCUT2D eigenvalue weighted by Crippen LogP contribution is -2.56. The molecule has 4 aliphatic carbocycles. The molecule has 1 saturated heterocycles. The van der Waals surface area contributed by atoms with E-state index >= 15 is 0 Å². The van der Waals surface area contributed by atoms with E-state index in [0.29, 0.717) is 29.2 Å². The summed E-state index contributed by atoms with van der Waals surface area (Å²) in [5, 5.41) is 6.73. The molecule has 0 bridgehead atoms. The number of amides is 2. The molecule has 3 saturated carbocycles. The van der Waals surface area contributed by atoms with E-state index < -0.39 is 0 Å². The van der Waals surface area contributed by atoms with Crippen molar-refractivity contribution in [3.8, 4) is 0 Å². The first kappa shape index (κ1) is 23.3. The van der Waals surface area contributed by atoms with Crippen LogP contribution in [0.5, 0.6) is 0 Å². The van der Waals surface area contributed by atoms with Gasteiger partial charge in [-0.2, -0.15) is 0 Å². The first-order chi connectivity index (χ1) is 16.9. The first-order valence-electron chi connectivity index (χ1n) is 13.9. The van der Waals surface area contributed by atoms with Gasteiger partial charge < -0.3 is 20.0 Å². The number of fused-ring (bicyclic) bond motifs is 5. The van der Waals surface area contributed by atoms with Crippen LogP contribution in [0.15, 0.2) is 39.3 Å². The number of carbonyl (C=O) groups is 1. The number of hydrogen-bond donors (Lipinski definition) is 2. The minimum atomic E-state index is -0.264. The molecule has 1 aromatic heterocycles. The number of rotatable bonds is 2. The van der Waals surface area contributed by atoms with Gasteiger partial charge in [-0.3, -0.25) is 0 Å². The van der Waals surface area contributed by atoms with Crippen molar-refractivity contribution in [1.29, 1.82) is 0 Å². The van der Waals surface area contributed by atoms with Crippen molar-refractivity contribution in [2.45, 2.75) is 77.2 Å². The largest absolute Gasteiger partial charge is 0.431 e. The van der Waals surface area contributed by atoms with Gasteiger partial charge in [-0.1, -0.05) is 25.5 Å². The van der Waals surface area contributed by atoms with Crippen LogP contribution in [0.25, 0.3) is 0 Å². The predicted molar refractivity (Wildman–Crippen MR) is 136 cm³/mol. The lowest BCUT2D eigenvalue weighted by Gasteiger charge is -2.60. The van der Waals surface area contributed by atoms with Gasteiger partial charge in [0, 0.05) is 38.3 Å². The van der Waals surface area contributed by atoms with Gasteiger partial charge in [0.05, 0.1) is 6.26 Å². The number of piperazine rings is 1. The Morgan fingerprint density at radius 2 is 1.94 bits per heavy atom. The van der Waals surface area contributed by atoms with Gasteiger partial charge in [-0.05, 0) is 97.5 Å². The van der Waals surface area contributed by atoms with E-state index in [1.165, 1.54) is 37.7 Å². The van der Waals surface area contributed by atoms with Crippen LogP contribution >= 0.6 is 0 Å². The molecule has 190 valence electrons. The topological polar surface area (TPSA) is 74.6 Å². The molecule has 0 spiro atoms. The Labute approximate surface area is 208 Å². The molecular weight excluding hydrogens is 438 g/mol. The van der Waals surface area contributed by atoms with Crippen LogP contribution in [-0.2, 0) is 0 Å². The van der Waals surface area contributed by atoms with Crippen LogP contribution in [0.4, 0.5) is 4.79 Å². The Kier molecular flexibility index (Phi) is 5.86. The quantitative estimate of drug-likeness (QED) is 0.605. The molecule has 2 N–H and O–H groups in total. The predicted octanol–water partition coefficient (Wildman–Crippen LogP) is 4.67. The summed E-state index contributed by atoms with van der Waals surface area (Å²) in [6, 6.07) is 4.03. The lowest BCUT2D eigenvalue weighted by atomic mass is 9.45. The third-order valence-corrected chi connectivity index (χ3v) is 10.9. The summed E-state index contributed by atoms with van der Waals surface area (Å²) in [6.45, 7) is 8.46. The van der Waals surface area contributed by atoms with Crippen molar-refractivity contribution in [2.75, 3.05) is 26.2 Å². The maximum atomic E-state index is 12.8. The summed E-state index contributed by atoms with van der Waals surface area (Å²) >= 11 is 0. The molecule has 6 heteroatoms. The minimum absolute atomic E-state index is 0.140. The summed E-state index contributed by atoms with van der Waals surface area (Å²) < 4.78 is 5.25. The summed E-state index contributed by atoms with van der Waals surface area (Å²) in [6.07, 6.45) is 13.8. The Morgan fingerprint density at radius 3 is 2.71 bits per heavy atom. The van der Waals surface area contributed by atoms with E-state index in [-0.39, 0.29) is 17.1 Å². The SMILES string of the molecule is C[C@]12CC[C@H](NC(=O)N3CCNCC3)C[C@H]1CC[C@H]1C3=CC[C@H](c4ccc(=O)oc4)[C@@]3(C)CC[C@@H]12. The second-order valence-electron chi connectivity index (χ2n) is 12.4. The molecule has 6 rings (SSSR count). The molecule has 1 aliphatic heterocycles. The van der Waals surface area contributed by atoms with Crippen molar-refractivity contribution in [1.82, 2.24) is 15.5 Å². The molecule has 0 unspecified atom stereocenters. The molecule has 6 nitrogen and oxygen atoms in total. The highest BCUT2D eigenvalue weighted by Crippen LogP contribution is 2.67. The molecule has 2 amide bonds. The Morgan fingerprint density at radius 1 is 1.11 bits per heavy atom. The fourth-order valence-electron chi connectivity index (χ4n) is 8.92. The zero-order valence-corrected chi connectivity index (χ0v) is 21.4. The molecule has 7 atom stereocenters. The van der Waals surface area contributed by atoms with Gasteiger partial charge >= 0.3 is 11.7 Å². The second-order valence-corrected chi connectivity index (χ2v) is 12.4. The number of nitrogens with zero attached hydrogens (tertiary/aromatic N) is 1. The van der Waals surface area contributed by atoms with Crippen molar-refractivity contribution in [3.63, 3.8) is 0 Å². The van der Waals surface area contributed by atoms with E-state index in [2.05, 4.69) is 30.6 Å². The molecular formula is C29H41N3O3. The normalized spacial score (nSPS) is 40.8. The van der Waals surface area contributed by atoms with Crippen molar-refractivity contribution in [2.24, 2.45) is 28.6 Å². The van der Waals surface area contributed by atoms with Crippen LogP contribution in [0.2, 0.25) is 0 Å². The summed E-state index contributed by atoms with van der Waals surface area (Å²) in [4.78, 5) is 26.3. The molecule has 5 aliphatic rings. The summed E-state index contributed by atoms with van der Waals surface area (Å²) in [5.74, 6) is 2.56. The third-order valence-electron chi connectivity index (χ3n) is 10.9. The minimum Gasteiger partial charge on any atom is -0.431 e. The van der Waals surface area contributed by atoms with Gasteiger partial charge in [0.1, 0.15) is 0 Å². The standard InChI is InChI=1S/C29H41N3O3/c1-28-11-9-21(31-27(34)32-15-13-30-14-16-32)17-20(28)4-5-22-24-7-6-23(19-3-8-26(33)35-18-19)29(24,2)12-10-25(22)28/h3,7-8,18,20-23,25,30H,4-6,9-17H2,1-2H3,(H,31,34)/t20-,21+,22+,23-,25+,28+,29-/m1/s1. The average Bonchev–Trinajstić information content (AvgIpc) is 3.22. The number of allylic oxidation sites excluding steroid dienone is 2. The van der Waals surface area contributed by atoms with Crippen molar-refractivity contribution < 1.29 is 9.21 Å². The monoisotopic (exact) mass is 479 g/mol. The highest BCUT2D eigenvalue weighted by Gasteiger charge is 2.57. The van der Waals surface area contributed by atoms with Crippen LogP contribution in [0.3, 0.4) is 0 Å². The lowest BCUT2D eigenvalue weighted by molar-refractivity contribution is -0.0588. The number of carbonyl (C=O) groups excluding carboxylic acids is 1. The average molecular weight is 480 g/mol. The zero-order chi connectivity index (χ0) is 24.2. The van der Waals surface area contributed by atoms with Crippen LogP contribution < -0.4 is 16.3 Å². The van der Waals surface area contributed by atoms with E-state index in [4.69, 9.17) is 4.42 Å². The maximum absolute atomic E-state index is 12.8. The summed E-state index contributed by atoms with van der Waals surface area (Å²) in [7, 11) is 0. The molecule has 1 aromatic rings. The Hall–Kier alpha value is -2.08. The fourth-order valence-corrected chi connectivity index (χ4v) is 8.92. The van der Waals surface area contributed by atoms with Gasteiger partial charge in [-0.15, -0.1) is 0 Å². The van der Waals surface area contributed by atoms with Crippen LogP contribution in [-0.4, -0.2) is 43.2 Å². The molecule has 2 heterocycles. The second kappa shape index (κ2) is 8.79. The van der Waals surface area contributed by atoms with Crippen molar-refractivity contribution >= 4 is 6.03 Å². The molecule has 0 aromatic carbocycles. The number of hydrogen-bond acceptors (Lipinski definition) is 4. The van der Waals surface area contributed by atoms with Gasteiger partial charge in [0.2, 0.25) is 0 Å².